The van der Waals surface area contributed by atoms with Crippen molar-refractivity contribution in [3.8, 4) is 11.5 Å². The molecule has 1 amide bonds. The van der Waals surface area contributed by atoms with Crippen LogP contribution < -0.4 is 25.4 Å². The fourth-order valence-electron chi connectivity index (χ4n) is 2.42. The maximum absolute atomic E-state index is 12.6. The summed E-state index contributed by atoms with van der Waals surface area (Å²) in [6, 6.07) is 8.22. The fourth-order valence-corrected chi connectivity index (χ4v) is 3.06. The zero-order chi connectivity index (χ0) is 21.1. The molecule has 0 spiro atoms. The molecule has 0 aliphatic carbocycles. The van der Waals surface area contributed by atoms with Crippen LogP contribution in [0.3, 0.4) is 0 Å². The molecular formula is C19H24F2N4O3S. The highest BCUT2D eigenvalue weighted by Crippen LogP contribution is 2.25. The predicted octanol–water partition coefficient (Wildman–Crippen LogP) is 2.84. The van der Waals surface area contributed by atoms with Crippen molar-refractivity contribution in [2.75, 3.05) is 27.2 Å². The molecule has 2 aromatic rings. The van der Waals surface area contributed by atoms with Crippen LogP contribution in [-0.4, -0.2) is 45.7 Å². The molecule has 0 unspecified atom stereocenters. The Balaban J connectivity index is 1.77. The Bertz CT molecular complexity index is 801. The number of thiophene rings is 1. The summed E-state index contributed by atoms with van der Waals surface area (Å²) in [6.07, 6.45) is 0.691. The molecule has 29 heavy (non-hydrogen) atoms. The lowest BCUT2D eigenvalue weighted by Crippen LogP contribution is -2.38. The number of hydrogen-bond donors (Lipinski definition) is 3. The molecule has 1 aromatic heterocycles. The number of carbonyl (C=O) groups is 1. The SMILES string of the molecule is CN=C(NCCCNC(=O)c1cccs1)NCc1cc(OC)ccc1OC(F)F. The van der Waals surface area contributed by atoms with Crippen molar-refractivity contribution in [1.82, 2.24) is 16.0 Å². The first kappa shape index (κ1) is 22.4. The Kier molecular flexibility index (Phi) is 9.16. The second-order valence-corrected chi connectivity index (χ2v) is 6.74. The van der Waals surface area contributed by atoms with Gasteiger partial charge in [0.1, 0.15) is 11.5 Å². The highest BCUT2D eigenvalue weighted by molar-refractivity contribution is 7.12. The average molecular weight is 426 g/mol. The fraction of sp³-hybridized carbons (Fsp3) is 0.368. The van der Waals surface area contributed by atoms with Crippen LogP contribution in [-0.2, 0) is 6.54 Å². The van der Waals surface area contributed by atoms with Crippen LogP contribution >= 0.6 is 11.3 Å². The predicted molar refractivity (Wildman–Crippen MR) is 109 cm³/mol. The third kappa shape index (κ3) is 7.57. The molecule has 0 fully saturated rings. The molecule has 2 rings (SSSR count). The molecule has 0 saturated heterocycles. The van der Waals surface area contributed by atoms with E-state index < -0.39 is 6.61 Å². The van der Waals surface area contributed by atoms with Crippen molar-refractivity contribution in [1.29, 1.82) is 0 Å². The molecule has 0 bridgehead atoms. The van der Waals surface area contributed by atoms with Gasteiger partial charge in [0.05, 0.1) is 12.0 Å². The van der Waals surface area contributed by atoms with Crippen LogP contribution in [0.5, 0.6) is 11.5 Å². The van der Waals surface area contributed by atoms with E-state index in [0.717, 1.165) is 0 Å². The van der Waals surface area contributed by atoms with Crippen LogP contribution in [0.25, 0.3) is 0 Å². The largest absolute Gasteiger partial charge is 0.497 e. The van der Waals surface area contributed by atoms with Gasteiger partial charge in [0.15, 0.2) is 5.96 Å². The third-order valence-electron chi connectivity index (χ3n) is 3.83. The van der Waals surface area contributed by atoms with E-state index in [0.29, 0.717) is 41.7 Å². The van der Waals surface area contributed by atoms with Crippen molar-refractivity contribution in [2.24, 2.45) is 4.99 Å². The average Bonchev–Trinajstić information content (AvgIpc) is 3.25. The summed E-state index contributed by atoms with van der Waals surface area (Å²) in [6.45, 7) is -1.61. The number of benzene rings is 1. The van der Waals surface area contributed by atoms with Gasteiger partial charge < -0.3 is 25.4 Å². The number of aliphatic imine (C=N–C) groups is 1. The molecule has 0 saturated carbocycles. The summed E-state index contributed by atoms with van der Waals surface area (Å²) in [5.41, 5.74) is 0.510. The summed E-state index contributed by atoms with van der Waals surface area (Å²) in [4.78, 5) is 16.6. The van der Waals surface area contributed by atoms with Crippen molar-refractivity contribution in [3.05, 3.63) is 46.2 Å². The molecule has 158 valence electrons. The summed E-state index contributed by atoms with van der Waals surface area (Å²) in [5.74, 6) is 1.01. The van der Waals surface area contributed by atoms with E-state index >= 15 is 0 Å². The van der Waals surface area contributed by atoms with Crippen LogP contribution in [0.1, 0.15) is 21.7 Å². The Hall–Kier alpha value is -2.88. The molecule has 1 heterocycles. The minimum absolute atomic E-state index is 0.0695. The van der Waals surface area contributed by atoms with Gasteiger partial charge in [0, 0.05) is 32.2 Å². The van der Waals surface area contributed by atoms with Crippen molar-refractivity contribution >= 4 is 23.2 Å². The first-order valence-electron chi connectivity index (χ1n) is 8.91. The Morgan fingerprint density at radius 1 is 1.21 bits per heavy atom. The lowest BCUT2D eigenvalue weighted by atomic mass is 10.2. The molecule has 7 nitrogen and oxygen atoms in total. The van der Waals surface area contributed by atoms with E-state index in [1.165, 1.54) is 24.5 Å². The lowest BCUT2D eigenvalue weighted by Gasteiger charge is -2.15. The van der Waals surface area contributed by atoms with Crippen LogP contribution in [0, 0.1) is 0 Å². The van der Waals surface area contributed by atoms with Gasteiger partial charge in [0.2, 0.25) is 0 Å². The minimum atomic E-state index is -2.91. The number of nitrogens with one attached hydrogen (secondary N) is 3. The van der Waals surface area contributed by atoms with Gasteiger partial charge >= 0.3 is 6.61 Å². The van der Waals surface area contributed by atoms with Gasteiger partial charge in [-0.05, 0) is 36.1 Å². The highest BCUT2D eigenvalue weighted by atomic mass is 32.1. The number of halogens is 2. The summed E-state index contributed by atoms with van der Waals surface area (Å²) >= 11 is 1.39. The molecule has 0 radical (unpaired) electrons. The van der Waals surface area contributed by atoms with Crippen LogP contribution in [0.2, 0.25) is 0 Å². The number of rotatable bonds is 10. The highest BCUT2D eigenvalue weighted by Gasteiger charge is 2.11. The lowest BCUT2D eigenvalue weighted by molar-refractivity contribution is -0.0505. The van der Waals surface area contributed by atoms with Crippen LogP contribution in [0.4, 0.5) is 8.78 Å². The zero-order valence-corrected chi connectivity index (χ0v) is 17.0. The van der Waals surface area contributed by atoms with Gasteiger partial charge in [-0.2, -0.15) is 8.78 Å². The van der Waals surface area contributed by atoms with Crippen molar-refractivity contribution in [3.63, 3.8) is 0 Å². The van der Waals surface area contributed by atoms with Gasteiger partial charge in [-0.3, -0.25) is 9.79 Å². The summed E-state index contributed by atoms with van der Waals surface area (Å²) in [7, 11) is 3.11. The molecule has 3 N–H and O–H groups in total. The second-order valence-electron chi connectivity index (χ2n) is 5.79. The van der Waals surface area contributed by atoms with E-state index in [9.17, 15) is 13.6 Å². The first-order valence-corrected chi connectivity index (χ1v) is 9.79. The summed E-state index contributed by atoms with van der Waals surface area (Å²) < 4.78 is 34.9. The third-order valence-corrected chi connectivity index (χ3v) is 4.70. The topological polar surface area (TPSA) is 84.0 Å². The number of carbonyl (C=O) groups excluding carboxylic acids is 1. The number of guanidine groups is 1. The summed E-state index contributed by atoms with van der Waals surface area (Å²) in [5, 5.41) is 10.8. The number of amides is 1. The quantitative estimate of drug-likeness (QED) is 0.309. The smallest absolute Gasteiger partial charge is 0.387 e. The van der Waals surface area contributed by atoms with Gasteiger partial charge in [0.25, 0.3) is 5.91 Å². The molecule has 0 aliphatic heterocycles. The molecule has 10 heteroatoms. The Morgan fingerprint density at radius 3 is 2.66 bits per heavy atom. The zero-order valence-electron chi connectivity index (χ0n) is 16.2. The van der Waals surface area contributed by atoms with E-state index in [2.05, 4.69) is 25.7 Å². The van der Waals surface area contributed by atoms with Crippen molar-refractivity contribution in [2.45, 2.75) is 19.6 Å². The maximum Gasteiger partial charge on any atom is 0.387 e. The van der Waals surface area contributed by atoms with Crippen molar-refractivity contribution < 1.29 is 23.0 Å². The monoisotopic (exact) mass is 426 g/mol. The van der Waals surface area contributed by atoms with E-state index in [1.807, 2.05) is 11.4 Å². The number of methoxy groups -OCH3 is 1. The minimum Gasteiger partial charge on any atom is -0.497 e. The number of alkyl halides is 2. The number of nitrogens with zero attached hydrogens (tertiary/aromatic N) is 1. The Labute approximate surface area is 172 Å². The number of hydrogen-bond acceptors (Lipinski definition) is 5. The standard InChI is InChI=1S/C19H24F2N4O3S/c1-22-19(24-9-4-8-23-17(26)16-5-3-10-29-16)25-12-13-11-14(27-2)6-7-15(13)28-18(20)21/h3,5-7,10-11,18H,4,8-9,12H2,1-2H3,(H,23,26)(H2,22,24,25). The number of ether oxygens (including phenoxy) is 2. The van der Waals surface area contributed by atoms with Crippen LogP contribution in [0.15, 0.2) is 40.7 Å². The molecule has 1 aromatic carbocycles. The van der Waals surface area contributed by atoms with E-state index in [-0.39, 0.29) is 18.2 Å². The molecular weight excluding hydrogens is 402 g/mol. The normalized spacial score (nSPS) is 11.3. The van der Waals surface area contributed by atoms with E-state index in [1.54, 1.807) is 25.2 Å². The maximum atomic E-state index is 12.6. The first-order chi connectivity index (χ1) is 14.0. The van der Waals surface area contributed by atoms with Gasteiger partial charge in [-0.1, -0.05) is 6.07 Å². The Morgan fingerprint density at radius 2 is 2.00 bits per heavy atom. The second kappa shape index (κ2) is 11.8. The van der Waals surface area contributed by atoms with Gasteiger partial charge in [-0.15, -0.1) is 11.3 Å². The molecule has 0 atom stereocenters. The van der Waals surface area contributed by atoms with Gasteiger partial charge in [-0.25, -0.2) is 0 Å². The van der Waals surface area contributed by atoms with E-state index in [4.69, 9.17) is 4.74 Å². The molecule has 0 aliphatic rings.